The number of hydrogen-bond acceptors (Lipinski definition) is 4. The van der Waals surface area contributed by atoms with E-state index in [0.717, 1.165) is 25.9 Å². The Bertz CT molecular complexity index is 433. The number of carbonyl (C=O) groups is 1. The van der Waals surface area contributed by atoms with Crippen molar-refractivity contribution in [1.29, 1.82) is 0 Å². The van der Waals surface area contributed by atoms with Crippen LogP contribution in [0.1, 0.15) is 18.4 Å². The Morgan fingerprint density at radius 3 is 2.60 bits per heavy atom. The Labute approximate surface area is 121 Å². The summed E-state index contributed by atoms with van der Waals surface area (Å²) in [6.45, 7) is 1.78. The maximum atomic E-state index is 12.0. The molecule has 0 spiro atoms. The normalized spacial score (nSPS) is 23.2. The van der Waals surface area contributed by atoms with Gasteiger partial charge in [0.15, 0.2) is 0 Å². The van der Waals surface area contributed by atoms with E-state index in [1.54, 1.807) is 0 Å². The van der Waals surface area contributed by atoms with Crippen LogP contribution in [0.2, 0.25) is 0 Å². The van der Waals surface area contributed by atoms with Crippen LogP contribution in [0.3, 0.4) is 0 Å². The zero-order chi connectivity index (χ0) is 14.5. The molecule has 2 atom stereocenters. The van der Waals surface area contributed by atoms with Crippen LogP contribution in [0.4, 0.5) is 0 Å². The van der Waals surface area contributed by atoms with E-state index < -0.39 is 0 Å². The first-order valence-corrected chi connectivity index (χ1v) is 7.14. The molecular formula is C16H24N2O2. The number of methoxy groups -OCH3 is 1. The zero-order valence-corrected chi connectivity index (χ0v) is 12.6. The monoisotopic (exact) mass is 276 g/mol. The van der Waals surface area contributed by atoms with Crippen LogP contribution in [-0.2, 0) is 16.1 Å². The highest BCUT2D eigenvalue weighted by Gasteiger charge is 2.38. The van der Waals surface area contributed by atoms with Crippen LogP contribution in [0.15, 0.2) is 30.3 Å². The van der Waals surface area contributed by atoms with Gasteiger partial charge in [0.2, 0.25) is 0 Å². The second kappa shape index (κ2) is 6.86. The number of rotatable bonds is 5. The number of hydrogen-bond donors (Lipinski definition) is 0. The molecule has 1 aliphatic rings. The SMILES string of the molecule is COC(=O)[C@@H]1CC[C@@H](CN(C)C)N1Cc1ccccc1. The molecule has 0 saturated carbocycles. The van der Waals surface area contributed by atoms with Gasteiger partial charge in [-0.05, 0) is 32.5 Å². The molecule has 1 saturated heterocycles. The van der Waals surface area contributed by atoms with E-state index >= 15 is 0 Å². The Kier molecular flexibility index (Phi) is 5.15. The molecule has 0 radical (unpaired) electrons. The van der Waals surface area contributed by atoms with E-state index in [-0.39, 0.29) is 12.0 Å². The number of esters is 1. The van der Waals surface area contributed by atoms with Gasteiger partial charge in [0.1, 0.15) is 6.04 Å². The van der Waals surface area contributed by atoms with Gasteiger partial charge in [-0.25, -0.2) is 0 Å². The van der Waals surface area contributed by atoms with Crippen molar-refractivity contribution in [2.24, 2.45) is 0 Å². The lowest BCUT2D eigenvalue weighted by Gasteiger charge is -2.30. The summed E-state index contributed by atoms with van der Waals surface area (Å²) in [4.78, 5) is 16.4. The van der Waals surface area contributed by atoms with Crippen molar-refractivity contribution in [3.05, 3.63) is 35.9 Å². The molecule has 20 heavy (non-hydrogen) atoms. The Morgan fingerprint density at radius 1 is 1.30 bits per heavy atom. The summed E-state index contributed by atoms with van der Waals surface area (Å²) in [6.07, 6.45) is 1.93. The molecule has 1 heterocycles. The maximum Gasteiger partial charge on any atom is 0.323 e. The first-order valence-electron chi connectivity index (χ1n) is 7.14. The molecule has 1 fully saturated rings. The molecule has 4 heteroatoms. The molecule has 2 rings (SSSR count). The van der Waals surface area contributed by atoms with Crippen molar-refractivity contribution in [2.75, 3.05) is 27.7 Å². The zero-order valence-electron chi connectivity index (χ0n) is 12.6. The number of carbonyl (C=O) groups excluding carboxylic acids is 1. The van der Waals surface area contributed by atoms with Gasteiger partial charge in [0.05, 0.1) is 7.11 Å². The quantitative estimate of drug-likeness (QED) is 0.767. The third-order valence-corrected chi connectivity index (χ3v) is 3.90. The summed E-state index contributed by atoms with van der Waals surface area (Å²) >= 11 is 0. The minimum absolute atomic E-state index is 0.106. The van der Waals surface area contributed by atoms with Gasteiger partial charge in [0, 0.05) is 19.1 Å². The van der Waals surface area contributed by atoms with Crippen LogP contribution in [0, 0.1) is 0 Å². The molecule has 0 bridgehead atoms. The van der Waals surface area contributed by atoms with E-state index in [4.69, 9.17) is 4.74 Å². The van der Waals surface area contributed by atoms with Crippen molar-refractivity contribution in [3.63, 3.8) is 0 Å². The topological polar surface area (TPSA) is 32.8 Å². The molecule has 1 aliphatic heterocycles. The van der Waals surface area contributed by atoms with E-state index in [1.807, 2.05) is 18.2 Å². The van der Waals surface area contributed by atoms with Gasteiger partial charge in [-0.15, -0.1) is 0 Å². The van der Waals surface area contributed by atoms with Gasteiger partial charge in [-0.2, -0.15) is 0 Å². The predicted molar refractivity (Wildman–Crippen MR) is 79.4 cm³/mol. The van der Waals surface area contributed by atoms with Gasteiger partial charge in [0.25, 0.3) is 0 Å². The molecule has 0 aliphatic carbocycles. The van der Waals surface area contributed by atoms with Crippen LogP contribution in [0.25, 0.3) is 0 Å². The third-order valence-electron chi connectivity index (χ3n) is 3.90. The molecule has 1 aromatic rings. The lowest BCUT2D eigenvalue weighted by molar-refractivity contribution is -0.146. The van der Waals surface area contributed by atoms with Crippen LogP contribution in [0.5, 0.6) is 0 Å². The molecule has 4 nitrogen and oxygen atoms in total. The van der Waals surface area contributed by atoms with Crippen LogP contribution < -0.4 is 0 Å². The van der Waals surface area contributed by atoms with Crippen molar-refractivity contribution in [3.8, 4) is 0 Å². The fourth-order valence-corrected chi connectivity index (χ4v) is 2.98. The Balaban J connectivity index is 2.13. The second-order valence-corrected chi connectivity index (χ2v) is 5.69. The van der Waals surface area contributed by atoms with E-state index in [0.29, 0.717) is 6.04 Å². The highest BCUT2D eigenvalue weighted by molar-refractivity contribution is 5.76. The summed E-state index contributed by atoms with van der Waals surface area (Å²) in [5, 5.41) is 0. The molecular weight excluding hydrogens is 252 g/mol. The van der Waals surface area contributed by atoms with Gasteiger partial charge in [-0.1, -0.05) is 30.3 Å². The largest absolute Gasteiger partial charge is 0.468 e. The van der Waals surface area contributed by atoms with Crippen LogP contribution in [-0.4, -0.2) is 55.6 Å². The van der Waals surface area contributed by atoms with Gasteiger partial charge < -0.3 is 9.64 Å². The predicted octanol–water partition coefficient (Wildman–Crippen LogP) is 1.75. The number of nitrogens with zero attached hydrogens (tertiary/aromatic N) is 2. The number of ether oxygens (including phenoxy) is 1. The second-order valence-electron chi connectivity index (χ2n) is 5.69. The third kappa shape index (κ3) is 3.58. The van der Waals surface area contributed by atoms with Crippen molar-refractivity contribution < 1.29 is 9.53 Å². The van der Waals surface area contributed by atoms with E-state index in [1.165, 1.54) is 12.7 Å². The van der Waals surface area contributed by atoms with Crippen molar-refractivity contribution in [2.45, 2.75) is 31.5 Å². The molecule has 0 amide bonds. The highest BCUT2D eigenvalue weighted by Crippen LogP contribution is 2.27. The molecule has 1 aromatic carbocycles. The average molecular weight is 276 g/mol. The van der Waals surface area contributed by atoms with E-state index in [9.17, 15) is 4.79 Å². The van der Waals surface area contributed by atoms with Gasteiger partial charge in [-0.3, -0.25) is 9.69 Å². The van der Waals surface area contributed by atoms with Gasteiger partial charge >= 0.3 is 5.97 Å². The fourth-order valence-electron chi connectivity index (χ4n) is 2.98. The average Bonchev–Trinajstić information content (AvgIpc) is 2.81. The Hall–Kier alpha value is -1.39. The first-order chi connectivity index (χ1) is 9.61. The smallest absolute Gasteiger partial charge is 0.323 e. The Morgan fingerprint density at radius 2 is 2.00 bits per heavy atom. The summed E-state index contributed by atoms with van der Waals surface area (Å²) in [6, 6.07) is 10.6. The number of likely N-dealkylation sites (tertiary alicyclic amines) is 1. The molecule has 110 valence electrons. The number of likely N-dealkylation sites (N-methyl/N-ethyl adjacent to an activating group) is 1. The minimum atomic E-state index is -0.109. The molecule has 0 N–H and O–H groups in total. The van der Waals surface area contributed by atoms with Crippen molar-refractivity contribution >= 4 is 5.97 Å². The van der Waals surface area contributed by atoms with E-state index in [2.05, 4.69) is 36.0 Å². The van der Waals surface area contributed by atoms with Crippen molar-refractivity contribution in [1.82, 2.24) is 9.80 Å². The molecule has 0 unspecified atom stereocenters. The van der Waals surface area contributed by atoms with Crippen LogP contribution >= 0.6 is 0 Å². The standard InChI is InChI=1S/C16H24N2O2/c1-17(2)12-14-9-10-15(16(19)20-3)18(14)11-13-7-5-4-6-8-13/h4-8,14-15H,9-12H2,1-3H3/t14-,15-/m0/s1. The first kappa shape index (κ1) is 15.0. The lowest BCUT2D eigenvalue weighted by Crippen LogP contribution is -2.44. The molecule has 0 aromatic heterocycles. The number of benzene rings is 1. The summed E-state index contributed by atoms with van der Waals surface area (Å²) in [7, 11) is 5.63. The summed E-state index contributed by atoms with van der Waals surface area (Å²) < 4.78 is 4.96. The highest BCUT2D eigenvalue weighted by atomic mass is 16.5. The minimum Gasteiger partial charge on any atom is -0.468 e. The summed E-state index contributed by atoms with van der Waals surface area (Å²) in [5.41, 5.74) is 1.24. The lowest BCUT2D eigenvalue weighted by atomic mass is 10.1. The summed E-state index contributed by atoms with van der Waals surface area (Å²) in [5.74, 6) is -0.109. The maximum absolute atomic E-state index is 12.0. The fraction of sp³-hybridized carbons (Fsp3) is 0.562.